The fourth-order valence-corrected chi connectivity index (χ4v) is 10.5. The van der Waals surface area contributed by atoms with Crippen molar-refractivity contribution < 1.29 is 24.5 Å². The summed E-state index contributed by atoms with van der Waals surface area (Å²) in [6.45, 7) is 4.97. The second-order valence-electron chi connectivity index (χ2n) is 22.8. The highest BCUT2D eigenvalue weighted by Crippen LogP contribution is 2.19. The number of amides is 1. The number of rotatable bonds is 62. The van der Waals surface area contributed by atoms with Gasteiger partial charge in [0.1, 0.15) is 0 Å². The summed E-state index contributed by atoms with van der Waals surface area (Å²) in [5, 5.41) is 23.4. The minimum Gasteiger partial charge on any atom is -0.466 e. The maximum absolute atomic E-state index is 12.5. The van der Waals surface area contributed by atoms with Crippen LogP contribution in [0.15, 0.2) is 12.2 Å². The van der Waals surface area contributed by atoms with E-state index in [9.17, 15) is 19.8 Å². The summed E-state index contributed by atoms with van der Waals surface area (Å²) in [5.74, 6) is -0.0340. The van der Waals surface area contributed by atoms with E-state index in [1.165, 1.54) is 295 Å². The van der Waals surface area contributed by atoms with Gasteiger partial charge in [-0.1, -0.05) is 321 Å². The van der Waals surface area contributed by atoms with Crippen molar-refractivity contribution in [3.8, 4) is 0 Å². The predicted octanol–water partition coefficient (Wildman–Crippen LogP) is 20.8. The number of hydrogen-bond donors (Lipinski definition) is 3. The lowest BCUT2D eigenvalue weighted by molar-refractivity contribution is -0.143. The zero-order valence-corrected chi connectivity index (χ0v) is 48.9. The number of carbonyl (C=O) groups excluding carboxylic acids is 2. The van der Waals surface area contributed by atoms with E-state index in [0.717, 1.165) is 44.9 Å². The molecule has 1 amide bonds. The minimum atomic E-state index is -0.668. The van der Waals surface area contributed by atoms with Gasteiger partial charge in [-0.05, 0) is 51.4 Å². The molecule has 0 aromatic heterocycles. The van der Waals surface area contributed by atoms with Gasteiger partial charge in [0.2, 0.25) is 5.91 Å². The maximum Gasteiger partial charge on any atom is 0.305 e. The molecule has 0 aliphatic heterocycles. The first-order chi connectivity index (χ1) is 35.5. The third-order valence-electron chi connectivity index (χ3n) is 15.6. The maximum atomic E-state index is 12.5. The molecule has 72 heavy (non-hydrogen) atoms. The lowest BCUT2D eigenvalue weighted by Crippen LogP contribution is -2.45. The summed E-state index contributed by atoms with van der Waals surface area (Å²) >= 11 is 0. The number of carbonyl (C=O) groups is 2. The van der Waals surface area contributed by atoms with Gasteiger partial charge in [0.25, 0.3) is 0 Å². The van der Waals surface area contributed by atoms with E-state index in [-0.39, 0.29) is 18.5 Å². The Balaban J connectivity index is 3.40. The molecule has 0 aromatic carbocycles. The van der Waals surface area contributed by atoms with Crippen LogP contribution < -0.4 is 5.32 Å². The lowest BCUT2D eigenvalue weighted by atomic mass is 10.0. The van der Waals surface area contributed by atoms with E-state index < -0.39 is 12.1 Å². The van der Waals surface area contributed by atoms with Crippen molar-refractivity contribution in [3.05, 3.63) is 12.2 Å². The van der Waals surface area contributed by atoms with Crippen LogP contribution in [-0.2, 0) is 14.3 Å². The Morgan fingerprint density at radius 3 is 0.986 bits per heavy atom. The number of hydrogen-bond acceptors (Lipinski definition) is 5. The van der Waals surface area contributed by atoms with Crippen LogP contribution in [0, 0.1) is 0 Å². The van der Waals surface area contributed by atoms with E-state index in [0.29, 0.717) is 25.9 Å². The highest BCUT2D eigenvalue weighted by molar-refractivity contribution is 5.76. The van der Waals surface area contributed by atoms with Crippen molar-refractivity contribution in [3.63, 3.8) is 0 Å². The number of esters is 1. The summed E-state index contributed by atoms with van der Waals surface area (Å²) in [5.41, 5.74) is 0. The highest BCUT2D eigenvalue weighted by Gasteiger charge is 2.20. The first-order valence-electron chi connectivity index (χ1n) is 32.9. The van der Waals surface area contributed by atoms with Gasteiger partial charge in [0.05, 0.1) is 25.4 Å². The van der Waals surface area contributed by atoms with E-state index in [2.05, 4.69) is 31.3 Å². The van der Waals surface area contributed by atoms with Crippen LogP contribution in [0.3, 0.4) is 0 Å². The molecule has 6 nitrogen and oxygen atoms in total. The molecule has 6 heteroatoms. The van der Waals surface area contributed by atoms with Gasteiger partial charge >= 0.3 is 5.97 Å². The van der Waals surface area contributed by atoms with E-state index in [4.69, 9.17) is 4.74 Å². The van der Waals surface area contributed by atoms with Crippen LogP contribution in [0.25, 0.3) is 0 Å². The number of aliphatic hydroxyl groups excluding tert-OH is 2. The zero-order chi connectivity index (χ0) is 52.2. The number of aliphatic hydroxyl groups is 2. The molecule has 0 aliphatic carbocycles. The molecule has 0 aromatic rings. The molecule has 0 saturated heterocycles. The normalized spacial score (nSPS) is 12.6. The van der Waals surface area contributed by atoms with Gasteiger partial charge in [-0.15, -0.1) is 0 Å². The summed E-state index contributed by atoms with van der Waals surface area (Å²) in [4.78, 5) is 24.6. The van der Waals surface area contributed by atoms with Gasteiger partial charge in [-0.3, -0.25) is 9.59 Å². The fraction of sp³-hybridized carbons (Fsp3) is 0.939. The lowest BCUT2D eigenvalue weighted by Gasteiger charge is -2.22. The molecular formula is C66H129NO5. The van der Waals surface area contributed by atoms with E-state index in [1.807, 2.05) is 0 Å². The Kier molecular flexibility index (Phi) is 60.9. The quantitative estimate of drug-likeness (QED) is 0.0320. The molecule has 2 atom stereocenters. The molecule has 0 radical (unpaired) electrons. The van der Waals surface area contributed by atoms with Gasteiger partial charge in [-0.2, -0.15) is 0 Å². The van der Waals surface area contributed by atoms with Crippen LogP contribution in [0.4, 0.5) is 0 Å². The molecule has 0 aliphatic rings. The molecule has 0 bridgehead atoms. The first kappa shape index (κ1) is 70.6. The van der Waals surface area contributed by atoms with Crippen molar-refractivity contribution in [2.75, 3.05) is 13.2 Å². The SMILES string of the molecule is CCCCCCCC/C=C\CCCCCCCC(=O)OCCCCCCCCCCCCCCCCCCCCC(=O)NC(CO)C(O)CCCCCCCCCCCCCCCCCCCCCCCC. The number of allylic oxidation sites excluding steroid dienone is 2. The van der Waals surface area contributed by atoms with Crippen LogP contribution in [-0.4, -0.2) is 47.4 Å². The van der Waals surface area contributed by atoms with Crippen LogP contribution in [0.2, 0.25) is 0 Å². The van der Waals surface area contributed by atoms with Crippen molar-refractivity contribution in [2.24, 2.45) is 0 Å². The second-order valence-corrected chi connectivity index (χ2v) is 22.8. The van der Waals surface area contributed by atoms with Crippen molar-refractivity contribution in [2.45, 2.75) is 386 Å². The molecule has 3 N–H and O–H groups in total. The van der Waals surface area contributed by atoms with Crippen molar-refractivity contribution in [1.82, 2.24) is 5.32 Å². The van der Waals surface area contributed by atoms with Gasteiger partial charge in [0.15, 0.2) is 0 Å². The monoisotopic (exact) mass is 1020 g/mol. The molecule has 2 unspecified atom stereocenters. The zero-order valence-electron chi connectivity index (χ0n) is 48.9. The highest BCUT2D eigenvalue weighted by atomic mass is 16.5. The summed E-state index contributed by atoms with van der Waals surface area (Å²) < 4.78 is 5.48. The molecule has 0 rings (SSSR count). The van der Waals surface area contributed by atoms with Gasteiger partial charge in [-0.25, -0.2) is 0 Å². The summed E-state index contributed by atoms with van der Waals surface area (Å²) in [6.07, 6.45) is 75.1. The largest absolute Gasteiger partial charge is 0.466 e. The fourth-order valence-electron chi connectivity index (χ4n) is 10.5. The summed E-state index contributed by atoms with van der Waals surface area (Å²) in [7, 11) is 0. The molecule has 0 saturated carbocycles. The Morgan fingerprint density at radius 1 is 0.375 bits per heavy atom. The third kappa shape index (κ3) is 57.9. The smallest absolute Gasteiger partial charge is 0.305 e. The van der Waals surface area contributed by atoms with E-state index >= 15 is 0 Å². The Morgan fingerprint density at radius 2 is 0.653 bits per heavy atom. The Labute approximate surface area is 450 Å². The minimum absolute atomic E-state index is 0.000649. The third-order valence-corrected chi connectivity index (χ3v) is 15.6. The molecule has 428 valence electrons. The molecule has 0 heterocycles. The molecule has 0 fully saturated rings. The molecule has 0 spiro atoms. The number of ether oxygens (including phenoxy) is 1. The number of nitrogens with one attached hydrogen (secondary N) is 1. The van der Waals surface area contributed by atoms with Crippen LogP contribution in [0.5, 0.6) is 0 Å². The standard InChI is InChI=1S/C66H129NO5/c1-3-5-7-9-11-13-15-17-19-20-21-22-23-24-27-31-34-38-42-46-50-54-58-64(69)63(62-68)67-65(70)59-55-51-47-43-39-35-32-28-25-26-29-33-37-41-45-49-53-57-61-72-66(71)60-56-52-48-44-40-36-30-18-16-14-12-10-8-6-4-2/h18,30,63-64,68-69H,3-17,19-29,31-62H2,1-2H3,(H,67,70)/b30-18-. The van der Waals surface area contributed by atoms with Crippen molar-refractivity contribution >= 4 is 11.9 Å². The van der Waals surface area contributed by atoms with Crippen molar-refractivity contribution in [1.29, 1.82) is 0 Å². The summed E-state index contributed by atoms with van der Waals surface area (Å²) in [6, 6.07) is -0.545. The predicted molar refractivity (Wildman–Crippen MR) is 315 cm³/mol. The van der Waals surface area contributed by atoms with Crippen LogP contribution in [0.1, 0.15) is 373 Å². The average molecular weight is 1020 g/mol. The Bertz CT molecular complexity index is 1080. The van der Waals surface area contributed by atoms with E-state index in [1.54, 1.807) is 0 Å². The van der Waals surface area contributed by atoms with Gasteiger partial charge in [0, 0.05) is 12.8 Å². The van der Waals surface area contributed by atoms with Crippen LogP contribution >= 0.6 is 0 Å². The molecular weight excluding hydrogens is 887 g/mol. The van der Waals surface area contributed by atoms with Gasteiger partial charge < -0.3 is 20.3 Å². The first-order valence-corrected chi connectivity index (χ1v) is 32.9. The topological polar surface area (TPSA) is 95.9 Å². The Hall–Kier alpha value is -1.40. The number of unbranched alkanes of at least 4 members (excludes halogenated alkanes) is 49. The average Bonchev–Trinajstić information content (AvgIpc) is 3.38. The second kappa shape index (κ2) is 62.1.